The Morgan fingerprint density at radius 2 is 1.71 bits per heavy atom. The molecule has 28 heavy (non-hydrogen) atoms. The van der Waals surface area contributed by atoms with Crippen molar-refractivity contribution in [3.8, 4) is 0 Å². The molecule has 1 N–H and O–H groups in total. The van der Waals surface area contributed by atoms with Gasteiger partial charge in [0, 0.05) is 26.7 Å². The Bertz CT molecular complexity index is 703. The highest BCUT2D eigenvalue weighted by molar-refractivity contribution is 7.90. The molecule has 1 aromatic carbocycles. The number of hydrogen-bond acceptors (Lipinski definition) is 4. The van der Waals surface area contributed by atoms with Gasteiger partial charge in [-0.15, -0.1) is 0 Å². The molecule has 1 aliphatic rings. The number of carbonyl (C=O) groups is 1. The number of rotatable bonds is 10. The molecule has 0 atom stereocenters. The highest BCUT2D eigenvalue weighted by Gasteiger charge is 2.27. The number of benzene rings is 1. The molecule has 1 saturated carbocycles. The van der Waals surface area contributed by atoms with E-state index in [1.54, 1.807) is 24.3 Å². The second-order valence-corrected chi connectivity index (χ2v) is 9.68. The largest absolute Gasteiger partial charge is 0.354 e. The molecule has 158 valence electrons. The summed E-state index contributed by atoms with van der Waals surface area (Å²) in [5.41, 5.74) is 0.475. The fourth-order valence-corrected chi connectivity index (χ4v) is 4.61. The molecular formula is C20H34N4O3S. The molecule has 0 unspecified atom stereocenters. The van der Waals surface area contributed by atoms with Gasteiger partial charge in [0.2, 0.25) is 5.91 Å². The van der Waals surface area contributed by atoms with Crippen LogP contribution in [0.1, 0.15) is 38.5 Å². The van der Waals surface area contributed by atoms with Crippen molar-refractivity contribution in [2.24, 2.45) is 0 Å². The third-order valence-corrected chi connectivity index (χ3v) is 7.10. The summed E-state index contributed by atoms with van der Waals surface area (Å²) in [6, 6.07) is 9.36. The number of carbonyl (C=O) groups excluding carboxylic acids is 1. The first kappa shape index (κ1) is 22.6. The van der Waals surface area contributed by atoms with Crippen molar-refractivity contribution in [1.29, 1.82) is 0 Å². The number of nitrogens with zero attached hydrogens (tertiary/aromatic N) is 3. The van der Waals surface area contributed by atoms with E-state index in [9.17, 15) is 13.2 Å². The summed E-state index contributed by atoms with van der Waals surface area (Å²) in [5.74, 6) is -0.297. The summed E-state index contributed by atoms with van der Waals surface area (Å²) in [4.78, 5) is 14.8. The second kappa shape index (κ2) is 10.8. The Morgan fingerprint density at radius 3 is 2.32 bits per heavy atom. The van der Waals surface area contributed by atoms with Crippen LogP contribution < -0.4 is 9.62 Å². The lowest BCUT2D eigenvalue weighted by atomic mass is 9.94. The summed E-state index contributed by atoms with van der Waals surface area (Å²) in [6.07, 6.45) is 7.33. The number of amides is 1. The Morgan fingerprint density at radius 1 is 1.07 bits per heavy atom. The minimum absolute atomic E-state index is 0.233. The van der Waals surface area contributed by atoms with Crippen molar-refractivity contribution in [2.45, 2.75) is 44.6 Å². The minimum atomic E-state index is -3.75. The van der Waals surface area contributed by atoms with E-state index in [-0.39, 0.29) is 12.5 Å². The molecule has 0 bridgehead atoms. The van der Waals surface area contributed by atoms with Crippen LogP contribution in [0.5, 0.6) is 0 Å². The molecule has 1 aliphatic carbocycles. The van der Waals surface area contributed by atoms with E-state index in [1.165, 1.54) is 46.2 Å². The van der Waals surface area contributed by atoms with Gasteiger partial charge in [0.15, 0.2) is 0 Å². The second-order valence-electron chi connectivity index (χ2n) is 7.61. The molecular weight excluding hydrogens is 376 g/mol. The predicted octanol–water partition coefficient (Wildman–Crippen LogP) is 2.07. The molecule has 1 amide bonds. The monoisotopic (exact) mass is 410 g/mol. The zero-order valence-electron chi connectivity index (χ0n) is 17.3. The third-order valence-electron chi connectivity index (χ3n) is 5.28. The van der Waals surface area contributed by atoms with Crippen molar-refractivity contribution in [3.63, 3.8) is 0 Å². The summed E-state index contributed by atoms with van der Waals surface area (Å²) in [6.45, 7) is 1.24. The van der Waals surface area contributed by atoms with Crippen molar-refractivity contribution in [2.75, 3.05) is 45.1 Å². The first-order valence-electron chi connectivity index (χ1n) is 10.0. The van der Waals surface area contributed by atoms with E-state index >= 15 is 0 Å². The maximum Gasteiger partial charge on any atom is 0.304 e. The van der Waals surface area contributed by atoms with Crippen LogP contribution in [0.15, 0.2) is 30.3 Å². The van der Waals surface area contributed by atoms with Crippen LogP contribution in [0, 0.1) is 0 Å². The minimum Gasteiger partial charge on any atom is -0.354 e. The lowest BCUT2D eigenvalue weighted by Gasteiger charge is -2.31. The van der Waals surface area contributed by atoms with Crippen LogP contribution in [0.4, 0.5) is 5.69 Å². The average Bonchev–Trinajstić information content (AvgIpc) is 2.70. The maximum absolute atomic E-state index is 12.6. The van der Waals surface area contributed by atoms with E-state index in [4.69, 9.17) is 0 Å². The Kier molecular flexibility index (Phi) is 8.72. The number of para-hydroxylation sites is 1. The first-order chi connectivity index (χ1) is 13.3. The van der Waals surface area contributed by atoms with Gasteiger partial charge in [-0.3, -0.25) is 4.79 Å². The van der Waals surface area contributed by atoms with Crippen LogP contribution in [-0.4, -0.2) is 70.3 Å². The average molecular weight is 411 g/mol. The zero-order chi connectivity index (χ0) is 20.6. The van der Waals surface area contributed by atoms with Crippen LogP contribution in [0.25, 0.3) is 0 Å². The molecule has 1 aromatic rings. The van der Waals surface area contributed by atoms with Crippen molar-refractivity contribution >= 4 is 21.8 Å². The smallest absolute Gasteiger partial charge is 0.304 e. The van der Waals surface area contributed by atoms with Gasteiger partial charge in [-0.2, -0.15) is 12.7 Å². The van der Waals surface area contributed by atoms with Gasteiger partial charge in [-0.1, -0.05) is 37.5 Å². The standard InChI is InChI=1S/C20H34N4O3S/c1-22(2)28(26,27)24(19-13-8-5-9-14-19)17-20(25)21-15-10-16-23(3)18-11-6-4-7-12-18/h5,8-9,13-14,18H,4,6-7,10-12,15-17H2,1-3H3,(H,21,25). The fraction of sp³-hybridized carbons (Fsp3) is 0.650. The van der Waals surface area contributed by atoms with Gasteiger partial charge in [0.1, 0.15) is 6.54 Å². The van der Waals surface area contributed by atoms with Gasteiger partial charge in [-0.25, -0.2) is 4.31 Å². The number of nitrogens with one attached hydrogen (secondary N) is 1. The maximum atomic E-state index is 12.6. The molecule has 0 aromatic heterocycles. The molecule has 0 spiro atoms. The van der Waals surface area contributed by atoms with Gasteiger partial charge >= 0.3 is 10.2 Å². The highest BCUT2D eigenvalue weighted by Crippen LogP contribution is 2.21. The van der Waals surface area contributed by atoms with Gasteiger partial charge in [0.25, 0.3) is 0 Å². The van der Waals surface area contributed by atoms with Crippen LogP contribution in [0.3, 0.4) is 0 Å². The summed E-state index contributed by atoms with van der Waals surface area (Å²) in [5, 5.41) is 2.86. The Labute approximate surface area is 169 Å². The summed E-state index contributed by atoms with van der Waals surface area (Å²) < 4.78 is 27.5. The SMILES string of the molecule is CN(CCCNC(=O)CN(c1ccccc1)S(=O)(=O)N(C)C)C1CCCCC1. The molecule has 7 nitrogen and oxygen atoms in total. The Balaban J connectivity index is 1.84. The third kappa shape index (κ3) is 6.46. The molecule has 0 aliphatic heterocycles. The lowest BCUT2D eigenvalue weighted by molar-refractivity contribution is -0.119. The van der Waals surface area contributed by atoms with E-state index in [0.717, 1.165) is 21.6 Å². The first-order valence-corrected chi connectivity index (χ1v) is 11.4. The predicted molar refractivity (Wildman–Crippen MR) is 114 cm³/mol. The molecule has 2 rings (SSSR count). The topological polar surface area (TPSA) is 73.0 Å². The van der Waals surface area contributed by atoms with Gasteiger partial charge in [0.05, 0.1) is 5.69 Å². The van der Waals surface area contributed by atoms with Crippen molar-refractivity contribution in [3.05, 3.63) is 30.3 Å². The van der Waals surface area contributed by atoms with E-state index < -0.39 is 10.2 Å². The lowest BCUT2D eigenvalue weighted by Crippen LogP contribution is -2.46. The zero-order valence-corrected chi connectivity index (χ0v) is 18.1. The quantitative estimate of drug-likeness (QED) is 0.600. The molecule has 0 radical (unpaired) electrons. The van der Waals surface area contributed by atoms with E-state index in [0.29, 0.717) is 18.3 Å². The van der Waals surface area contributed by atoms with Crippen LogP contribution >= 0.6 is 0 Å². The number of hydrogen-bond donors (Lipinski definition) is 1. The van der Waals surface area contributed by atoms with E-state index in [1.807, 2.05) is 6.07 Å². The summed E-state index contributed by atoms with van der Waals surface area (Å²) >= 11 is 0. The van der Waals surface area contributed by atoms with Crippen molar-refractivity contribution < 1.29 is 13.2 Å². The molecule has 0 saturated heterocycles. The van der Waals surface area contributed by atoms with E-state index in [2.05, 4.69) is 17.3 Å². The molecule has 1 fully saturated rings. The van der Waals surface area contributed by atoms with Gasteiger partial charge < -0.3 is 10.2 Å². The van der Waals surface area contributed by atoms with Crippen LogP contribution in [-0.2, 0) is 15.0 Å². The normalized spacial score (nSPS) is 15.8. The van der Waals surface area contributed by atoms with Crippen LogP contribution in [0.2, 0.25) is 0 Å². The highest BCUT2D eigenvalue weighted by atomic mass is 32.2. The number of anilines is 1. The van der Waals surface area contributed by atoms with Crippen molar-refractivity contribution in [1.82, 2.24) is 14.5 Å². The fourth-order valence-electron chi connectivity index (χ4n) is 3.54. The Hall–Kier alpha value is -1.64. The summed E-state index contributed by atoms with van der Waals surface area (Å²) in [7, 11) is 1.33. The molecule has 0 heterocycles. The molecule has 8 heteroatoms. The van der Waals surface area contributed by atoms with Gasteiger partial charge in [-0.05, 0) is 45.0 Å².